The molecule has 0 unspecified atom stereocenters. The van der Waals surface area contributed by atoms with Gasteiger partial charge in [0.2, 0.25) is 5.91 Å². The Morgan fingerprint density at radius 2 is 2.25 bits per heavy atom. The summed E-state index contributed by atoms with van der Waals surface area (Å²) < 4.78 is 0. The maximum Gasteiger partial charge on any atom is 0.224 e. The highest BCUT2D eigenvalue weighted by Crippen LogP contribution is 2.22. The van der Waals surface area contributed by atoms with Gasteiger partial charge in [-0.25, -0.2) is 0 Å². The zero-order chi connectivity index (χ0) is 12.0. The number of hydrogen-bond acceptors (Lipinski definition) is 2. The van der Waals surface area contributed by atoms with Crippen molar-refractivity contribution in [2.45, 2.75) is 26.2 Å². The highest BCUT2D eigenvalue weighted by molar-refractivity contribution is 6.33. The van der Waals surface area contributed by atoms with Gasteiger partial charge in [-0.2, -0.15) is 0 Å². The summed E-state index contributed by atoms with van der Waals surface area (Å²) in [4.78, 5) is 11.5. The third-order valence-corrected chi connectivity index (χ3v) is 2.68. The number of hydrogen-bond donors (Lipinski definition) is 2. The van der Waals surface area contributed by atoms with Gasteiger partial charge in [-0.3, -0.25) is 4.79 Å². The molecule has 0 aliphatic heterocycles. The molecular formula is C12H17ClN2O. The van der Waals surface area contributed by atoms with Crippen LogP contribution in [0.15, 0.2) is 18.2 Å². The Morgan fingerprint density at radius 1 is 1.50 bits per heavy atom. The summed E-state index contributed by atoms with van der Waals surface area (Å²) in [5, 5.41) is 3.34. The van der Waals surface area contributed by atoms with Gasteiger partial charge in [-0.05, 0) is 18.1 Å². The molecule has 1 amide bonds. The molecule has 3 N–H and O–H groups in total. The minimum absolute atomic E-state index is 0.0117. The second-order valence-electron chi connectivity index (χ2n) is 3.69. The number of carbonyl (C=O) groups is 1. The maximum atomic E-state index is 11.5. The molecular weight excluding hydrogens is 224 g/mol. The Kier molecular flexibility index (Phi) is 5.12. The van der Waals surface area contributed by atoms with Gasteiger partial charge in [0, 0.05) is 6.54 Å². The molecule has 0 bridgehead atoms. The molecule has 0 aliphatic carbocycles. The van der Waals surface area contributed by atoms with Crippen LogP contribution in [0.4, 0.5) is 5.69 Å². The van der Waals surface area contributed by atoms with E-state index in [1.165, 1.54) is 0 Å². The van der Waals surface area contributed by atoms with Crippen molar-refractivity contribution < 1.29 is 4.79 Å². The van der Waals surface area contributed by atoms with Gasteiger partial charge in [0.25, 0.3) is 0 Å². The van der Waals surface area contributed by atoms with E-state index in [1.807, 2.05) is 6.07 Å². The lowest BCUT2D eigenvalue weighted by Crippen LogP contribution is -2.26. The lowest BCUT2D eigenvalue weighted by atomic mass is 10.1. The summed E-state index contributed by atoms with van der Waals surface area (Å²) in [5.41, 5.74) is 7.05. The zero-order valence-electron chi connectivity index (χ0n) is 9.42. The smallest absolute Gasteiger partial charge is 0.224 e. The second-order valence-corrected chi connectivity index (χ2v) is 4.10. The number of nitrogen functional groups attached to an aromatic ring is 1. The Hall–Kier alpha value is -1.22. The number of rotatable bonds is 5. The van der Waals surface area contributed by atoms with E-state index in [4.69, 9.17) is 17.3 Å². The molecule has 0 saturated carbocycles. The van der Waals surface area contributed by atoms with Crippen LogP contribution in [0.1, 0.15) is 25.3 Å². The van der Waals surface area contributed by atoms with Gasteiger partial charge >= 0.3 is 0 Å². The Balaban J connectivity index is 2.53. The van der Waals surface area contributed by atoms with Crippen LogP contribution in [0.25, 0.3) is 0 Å². The summed E-state index contributed by atoms with van der Waals surface area (Å²) >= 11 is 5.87. The number of unbranched alkanes of at least 4 members (excludes halogenated alkanes) is 1. The standard InChI is InChI=1S/C12H17ClN2O/c1-2-3-7-15-11(16)8-9-5-4-6-10(13)12(9)14/h4-6H,2-3,7-8,14H2,1H3,(H,15,16). The first-order valence-electron chi connectivity index (χ1n) is 5.44. The molecule has 0 aliphatic rings. The van der Waals surface area contributed by atoms with E-state index >= 15 is 0 Å². The lowest BCUT2D eigenvalue weighted by molar-refractivity contribution is -0.120. The van der Waals surface area contributed by atoms with Crippen molar-refractivity contribution in [1.82, 2.24) is 5.32 Å². The van der Waals surface area contributed by atoms with E-state index in [2.05, 4.69) is 12.2 Å². The van der Waals surface area contributed by atoms with Gasteiger partial charge < -0.3 is 11.1 Å². The molecule has 88 valence electrons. The Labute approximate surface area is 101 Å². The highest BCUT2D eigenvalue weighted by Gasteiger charge is 2.07. The summed E-state index contributed by atoms with van der Waals surface area (Å²) in [6, 6.07) is 5.34. The number of nitrogens with two attached hydrogens (primary N) is 1. The molecule has 1 aromatic rings. The van der Waals surface area contributed by atoms with Crippen molar-refractivity contribution >= 4 is 23.2 Å². The van der Waals surface area contributed by atoms with Gasteiger partial charge in [-0.15, -0.1) is 0 Å². The minimum atomic E-state index is -0.0117. The van der Waals surface area contributed by atoms with E-state index in [0.29, 0.717) is 10.7 Å². The number of benzene rings is 1. The number of nitrogens with one attached hydrogen (secondary N) is 1. The average Bonchev–Trinajstić information content (AvgIpc) is 2.25. The van der Waals surface area contributed by atoms with E-state index < -0.39 is 0 Å². The van der Waals surface area contributed by atoms with Crippen molar-refractivity contribution in [3.05, 3.63) is 28.8 Å². The van der Waals surface area contributed by atoms with E-state index in [9.17, 15) is 4.79 Å². The van der Waals surface area contributed by atoms with E-state index in [0.717, 1.165) is 24.9 Å². The Morgan fingerprint density at radius 3 is 2.94 bits per heavy atom. The summed E-state index contributed by atoms with van der Waals surface area (Å²) in [5.74, 6) is -0.0117. The van der Waals surface area contributed by atoms with E-state index in [-0.39, 0.29) is 12.3 Å². The summed E-state index contributed by atoms with van der Waals surface area (Å²) in [7, 11) is 0. The number of anilines is 1. The molecule has 0 saturated heterocycles. The van der Waals surface area contributed by atoms with Crippen molar-refractivity contribution in [2.24, 2.45) is 0 Å². The van der Waals surface area contributed by atoms with Gasteiger partial charge in [0.15, 0.2) is 0 Å². The minimum Gasteiger partial charge on any atom is -0.397 e. The number of para-hydroxylation sites is 1. The van der Waals surface area contributed by atoms with Gasteiger partial charge in [0.1, 0.15) is 0 Å². The Bertz CT molecular complexity index is 366. The zero-order valence-corrected chi connectivity index (χ0v) is 10.2. The van der Waals surface area contributed by atoms with Gasteiger partial charge in [0.05, 0.1) is 17.1 Å². The van der Waals surface area contributed by atoms with Crippen LogP contribution >= 0.6 is 11.6 Å². The first kappa shape index (κ1) is 12.8. The maximum absolute atomic E-state index is 11.5. The molecule has 0 heterocycles. The first-order valence-corrected chi connectivity index (χ1v) is 5.82. The SMILES string of the molecule is CCCCNC(=O)Cc1cccc(Cl)c1N. The normalized spacial score (nSPS) is 10.1. The van der Waals surface area contributed by atoms with Crippen LogP contribution in [0.2, 0.25) is 5.02 Å². The van der Waals surface area contributed by atoms with Gasteiger partial charge in [-0.1, -0.05) is 37.1 Å². The van der Waals surface area contributed by atoms with Crippen molar-refractivity contribution in [3.8, 4) is 0 Å². The van der Waals surface area contributed by atoms with Crippen LogP contribution in [0.3, 0.4) is 0 Å². The molecule has 0 aromatic heterocycles. The first-order chi connectivity index (χ1) is 7.65. The van der Waals surface area contributed by atoms with Crippen molar-refractivity contribution in [1.29, 1.82) is 0 Å². The van der Waals surface area contributed by atoms with Crippen molar-refractivity contribution in [3.63, 3.8) is 0 Å². The molecule has 16 heavy (non-hydrogen) atoms. The molecule has 0 radical (unpaired) electrons. The number of amides is 1. The number of carbonyl (C=O) groups excluding carboxylic acids is 1. The quantitative estimate of drug-likeness (QED) is 0.613. The average molecular weight is 241 g/mol. The molecule has 4 heteroatoms. The number of halogens is 1. The van der Waals surface area contributed by atoms with Crippen LogP contribution < -0.4 is 11.1 Å². The fraction of sp³-hybridized carbons (Fsp3) is 0.417. The molecule has 3 nitrogen and oxygen atoms in total. The fourth-order valence-electron chi connectivity index (χ4n) is 1.38. The van der Waals surface area contributed by atoms with Crippen LogP contribution in [0, 0.1) is 0 Å². The van der Waals surface area contributed by atoms with Crippen LogP contribution in [-0.4, -0.2) is 12.5 Å². The summed E-state index contributed by atoms with van der Waals surface area (Å²) in [6.45, 7) is 2.80. The highest BCUT2D eigenvalue weighted by atomic mass is 35.5. The molecule has 1 rings (SSSR count). The topological polar surface area (TPSA) is 55.1 Å². The monoisotopic (exact) mass is 240 g/mol. The summed E-state index contributed by atoms with van der Waals surface area (Å²) in [6.07, 6.45) is 2.35. The molecule has 0 fully saturated rings. The predicted molar refractivity (Wildman–Crippen MR) is 67.5 cm³/mol. The predicted octanol–water partition coefficient (Wildman–Crippen LogP) is 2.38. The molecule has 1 aromatic carbocycles. The molecule has 0 atom stereocenters. The van der Waals surface area contributed by atoms with E-state index in [1.54, 1.807) is 12.1 Å². The van der Waals surface area contributed by atoms with Crippen molar-refractivity contribution in [2.75, 3.05) is 12.3 Å². The lowest BCUT2D eigenvalue weighted by Gasteiger charge is -2.07. The third kappa shape index (κ3) is 3.74. The van der Waals surface area contributed by atoms with Crippen LogP contribution in [-0.2, 0) is 11.2 Å². The fourth-order valence-corrected chi connectivity index (χ4v) is 1.57. The third-order valence-electron chi connectivity index (χ3n) is 2.35. The second kappa shape index (κ2) is 6.38. The molecule has 0 spiro atoms. The van der Waals surface area contributed by atoms with Crippen LogP contribution in [0.5, 0.6) is 0 Å². The largest absolute Gasteiger partial charge is 0.397 e.